The van der Waals surface area contributed by atoms with E-state index in [4.69, 9.17) is 0 Å². The summed E-state index contributed by atoms with van der Waals surface area (Å²) < 4.78 is 43.3. The molecule has 4 nitrogen and oxygen atoms in total. The van der Waals surface area contributed by atoms with Crippen molar-refractivity contribution in [2.75, 3.05) is 0 Å². The summed E-state index contributed by atoms with van der Waals surface area (Å²) in [7, 11) is 1.63. The summed E-state index contributed by atoms with van der Waals surface area (Å²) in [6, 6.07) is 3.66. The van der Waals surface area contributed by atoms with Crippen LogP contribution >= 0.6 is 0 Å². The quantitative estimate of drug-likeness (QED) is 0.691. The third-order valence-corrected chi connectivity index (χ3v) is 2.77. The van der Waals surface area contributed by atoms with Gasteiger partial charge >= 0.3 is 6.18 Å². The average molecular weight is 346 g/mol. The van der Waals surface area contributed by atoms with Crippen LogP contribution < -0.4 is 0 Å². The van der Waals surface area contributed by atoms with E-state index < -0.39 is 11.7 Å². The molecule has 0 bridgehead atoms. The van der Waals surface area contributed by atoms with Crippen molar-refractivity contribution >= 4 is 17.4 Å². The first-order valence-corrected chi connectivity index (χ1v) is 7.57. The highest BCUT2D eigenvalue weighted by molar-refractivity contribution is 5.82. The number of alkyl halides is 3. The van der Waals surface area contributed by atoms with Crippen molar-refractivity contribution in [1.82, 2.24) is 9.78 Å². The highest BCUT2D eigenvalue weighted by atomic mass is 19.4. The van der Waals surface area contributed by atoms with E-state index in [0.717, 1.165) is 23.2 Å². The molecule has 136 valence electrons. The fourth-order valence-corrected chi connectivity index (χ4v) is 1.76. The van der Waals surface area contributed by atoms with Gasteiger partial charge in [0.2, 0.25) is 0 Å². The average Bonchev–Trinajstić information content (AvgIpc) is 2.74. The molecule has 1 aromatic carbocycles. The SMILES string of the molecule is CC.CC(C)(C)OC=O.Cc1nn(C)c2cc(C(F)(F)F)ccc12. The van der Waals surface area contributed by atoms with Gasteiger partial charge in [-0.15, -0.1) is 0 Å². The highest BCUT2D eigenvalue weighted by Gasteiger charge is 2.30. The molecule has 1 aromatic heterocycles. The molecule has 0 atom stereocenters. The van der Waals surface area contributed by atoms with Crippen LogP contribution in [0.2, 0.25) is 0 Å². The van der Waals surface area contributed by atoms with Crippen LogP contribution in [0.3, 0.4) is 0 Å². The lowest BCUT2D eigenvalue weighted by Crippen LogP contribution is -2.17. The van der Waals surface area contributed by atoms with Crippen molar-refractivity contribution in [3.05, 3.63) is 29.5 Å². The Morgan fingerprint density at radius 2 is 1.71 bits per heavy atom. The fraction of sp³-hybridized carbons (Fsp3) is 0.529. The van der Waals surface area contributed by atoms with E-state index in [9.17, 15) is 18.0 Å². The largest absolute Gasteiger partial charge is 0.462 e. The number of fused-ring (bicyclic) bond motifs is 1. The molecule has 2 aromatic rings. The molecular formula is C17H25F3N2O2. The second kappa shape index (κ2) is 8.70. The van der Waals surface area contributed by atoms with Gasteiger partial charge in [0.1, 0.15) is 5.60 Å². The number of rotatable bonds is 1. The van der Waals surface area contributed by atoms with Gasteiger partial charge in [-0.1, -0.05) is 19.9 Å². The van der Waals surface area contributed by atoms with E-state index >= 15 is 0 Å². The molecule has 0 aliphatic heterocycles. The highest BCUT2D eigenvalue weighted by Crippen LogP contribution is 2.31. The normalized spacial score (nSPS) is 11.1. The first kappa shape index (κ1) is 21.9. The van der Waals surface area contributed by atoms with Crippen molar-refractivity contribution in [3.63, 3.8) is 0 Å². The second-order valence-corrected chi connectivity index (χ2v) is 5.77. The molecule has 0 saturated heterocycles. The lowest BCUT2D eigenvalue weighted by atomic mass is 10.1. The van der Waals surface area contributed by atoms with Gasteiger partial charge in [0.15, 0.2) is 0 Å². The molecule has 0 aliphatic carbocycles. The molecule has 0 unspecified atom stereocenters. The van der Waals surface area contributed by atoms with Crippen molar-refractivity contribution < 1.29 is 22.7 Å². The maximum Gasteiger partial charge on any atom is 0.416 e. The van der Waals surface area contributed by atoms with Gasteiger partial charge in [-0.3, -0.25) is 9.48 Å². The van der Waals surface area contributed by atoms with E-state index in [1.807, 2.05) is 34.6 Å². The van der Waals surface area contributed by atoms with E-state index in [-0.39, 0.29) is 5.60 Å². The van der Waals surface area contributed by atoms with Gasteiger partial charge < -0.3 is 4.74 Å². The third kappa shape index (κ3) is 6.60. The van der Waals surface area contributed by atoms with Crippen LogP contribution in [0.1, 0.15) is 45.9 Å². The zero-order valence-electron chi connectivity index (χ0n) is 15.2. The minimum Gasteiger partial charge on any atom is -0.462 e. The van der Waals surface area contributed by atoms with Crippen molar-refractivity contribution in [2.45, 2.75) is 53.3 Å². The van der Waals surface area contributed by atoms with Gasteiger partial charge in [0.25, 0.3) is 6.47 Å². The third-order valence-electron chi connectivity index (χ3n) is 2.77. The van der Waals surface area contributed by atoms with E-state index in [1.54, 1.807) is 14.0 Å². The maximum atomic E-state index is 12.4. The lowest BCUT2D eigenvalue weighted by molar-refractivity contribution is -0.139. The Kier molecular flexibility index (Phi) is 7.96. The first-order chi connectivity index (χ1) is 11.0. The molecule has 0 aliphatic rings. The lowest BCUT2D eigenvalue weighted by Gasteiger charge is -2.14. The minimum atomic E-state index is -4.30. The van der Waals surface area contributed by atoms with Gasteiger partial charge in [-0.25, -0.2) is 0 Å². The van der Waals surface area contributed by atoms with Crippen molar-refractivity contribution in [2.24, 2.45) is 7.05 Å². The smallest absolute Gasteiger partial charge is 0.416 e. The number of hydrogen-bond acceptors (Lipinski definition) is 3. The minimum absolute atomic E-state index is 0.318. The van der Waals surface area contributed by atoms with E-state index in [1.165, 1.54) is 10.7 Å². The summed E-state index contributed by atoms with van der Waals surface area (Å²) in [6.07, 6.45) is -4.30. The van der Waals surface area contributed by atoms with Crippen molar-refractivity contribution in [3.8, 4) is 0 Å². The number of benzene rings is 1. The Labute approximate surface area is 140 Å². The maximum absolute atomic E-state index is 12.4. The molecule has 7 heteroatoms. The number of halogens is 3. The molecule has 0 N–H and O–H groups in total. The number of aryl methyl sites for hydroxylation is 2. The van der Waals surface area contributed by atoms with E-state index in [2.05, 4.69) is 9.84 Å². The van der Waals surface area contributed by atoms with Crippen LogP contribution in [0.4, 0.5) is 13.2 Å². The molecule has 0 amide bonds. The Morgan fingerprint density at radius 3 is 2.08 bits per heavy atom. The molecule has 0 saturated carbocycles. The van der Waals surface area contributed by atoms with Crippen LogP contribution in [0.5, 0.6) is 0 Å². The Balaban J connectivity index is 0.000000501. The first-order valence-electron chi connectivity index (χ1n) is 7.57. The number of aromatic nitrogens is 2. The summed E-state index contributed by atoms with van der Waals surface area (Å²) in [5, 5.41) is 4.82. The van der Waals surface area contributed by atoms with Crippen LogP contribution in [0, 0.1) is 6.92 Å². The molecule has 0 spiro atoms. The molecule has 2 rings (SSSR count). The number of ether oxygens (including phenoxy) is 1. The Bertz CT molecular complexity index is 656. The van der Waals surface area contributed by atoms with Crippen molar-refractivity contribution in [1.29, 1.82) is 0 Å². The van der Waals surface area contributed by atoms with Gasteiger partial charge in [0, 0.05) is 12.4 Å². The molecule has 0 radical (unpaired) electrons. The van der Waals surface area contributed by atoms with Crippen LogP contribution in [0.25, 0.3) is 10.9 Å². The fourth-order valence-electron chi connectivity index (χ4n) is 1.76. The predicted octanol–water partition coefficient (Wildman–Crippen LogP) is 4.88. The Morgan fingerprint density at radius 1 is 1.17 bits per heavy atom. The van der Waals surface area contributed by atoms with Crippen LogP contribution in [-0.4, -0.2) is 21.9 Å². The summed E-state index contributed by atoms with van der Waals surface area (Å²) in [4.78, 5) is 9.60. The summed E-state index contributed by atoms with van der Waals surface area (Å²) >= 11 is 0. The van der Waals surface area contributed by atoms with E-state index in [0.29, 0.717) is 12.0 Å². The topological polar surface area (TPSA) is 44.1 Å². The summed E-state index contributed by atoms with van der Waals surface area (Å²) in [6.45, 7) is 11.7. The predicted molar refractivity (Wildman–Crippen MR) is 88.7 cm³/mol. The van der Waals surface area contributed by atoms with Crippen LogP contribution in [-0.2, 0) is 22.8 Å². The zero-order chi connectivity index (χ0) is 19.1. The molecular weight excluding hydrogens is 321 g/mol. The molecule has 0 fully saturated rings. The van der Waals surface area contributed by atoms with Gasteiger partial charge in [0.05, 0.1) is 16.8 Å². The zero-order valence-corrected chi connectivity index (χ0v) is 15.2. The molecule has 1 heterocycles. The number of nitrogens with zero attached hydrogens (tertiary/aromatic N) is 2. The number of carbonyl (C=O) groups excluding carboxylic acids is 1. The summed E-state index contributed by atoms with van der Waals surface area (Å²) in [5.41, 5.74) is 0.281. The second-order valence-electron chi connectivity index (χ2n) is 5.77. The standard InChI is InChI=1S/C10H9F3N2.C5H10O2.C2H6/c1-6-8-4-3-7(10(11,12)13)5-9(8)15(2)14-6;1-5(2,3)7-4-6;1-2/h3-5H,1-2H3;4H,1-3H3;1-2H3. The number of carbonyl (C=O) groups is 1. The monoisotopic (exact) mass is 346 g/mol. The molecule has 24 heavy (non-hydrogen) atoms. The number of hydrogen-bond donors (Lipinski definition) is 0. The van der Waals surface area contributed by atoms with Gasteiger partial charge in [-0.2, -0.15) is 18.3 Å². The Hall–Kier alpha value is -2.05. The van der Waals surface area contributed by atoms with Crippen LogP contribution in [0.15, 0.2) is 18.2 Å². The van der Waals surface area contributed by atoms with Gasteiger partial charge in [-0.05, 0) is 39.8 Å². The summed E-state index contributed by atoms with van der Waals surface area (Å²) in [5.74, 6) is 0.